The molecule has 1 aromatic heterocycles. The van der Waals surface area contributed by atoms with Crippen LogP contribution in [0, 0.1) is 11.3 Å². The van der Waals surface area contributed by atoms with Crippen LogP contribution >= 0.6 is 11.6 Å². The van der Waals surface area contributed by atoms with Crippen molar-refractivity contribution in [2.24, 2.45) is 0 Å². The van der Waals surface area contributed by atoms with Crippen LogP contribution in [-0.2, 0) is 16.0 Å². The van der Waals surface area contributed by atoms with E-state index in [4.69, 9.17) is 16.9 Å². The van der Waals surface area contributed by atoms with Gasteiger partial charge in [-0.05, 0) is 6.07 Å². The fraction of sp³-hybridized carbons (Fsp3) is 0.222. The third-order valence-corrected chi connectivity index (χ3v) is 1.81. The van der Waals surface area contributed by atoms with Gasteiger partial charge in [0.2, 0.25) is 0 Å². The Morgan fingerprint density at radius 1 is 1.79 bits per heavy atom. The maximum Gasteiger partial charge on any atom is 0.310 e. The van der Waals surface area contributed by atoms with Crippen LogP contribution < -0.4 is 0 Å². The Morgan fingerprint density at radius 2 is 2.50 bits per heavy atom. The molecule has 0 fully saturated rings. The van der Waals surface area contributed by atoms with E-state index in [1.54, 1.807) is 0 Å². The van der Waals surface area contributed by atoms with E-state index in [0.29, 0.717) is 10.6 Å². The summed E-state index contributed by atoms with van der Waals surface area (Å²) in [5, 5.41) is 9.08. The van der Waals surface area contributed by atoms with E-state index in [0.717, 1.165) is 0 Å². The van der Waals surface area contributed by atoms with Crippen LogP contribution in [-0.4, -0.2) is 18.1 Å². The number of pyridine rings is 1. The first-order valence-electron chi connectivity index (χ1n) is 3.78. The number of hydrogen-bond acceptors (Lipinski definition) is 4. The molecule has 1 aromatic rings. The van der Waals surface area contributed by atoms with Crippen LogP contribution in [0.2, 0.25) is 5.02 Å². The molecule has 1 heterocycles. The van der Waals surface area contributed by atoms with Gasteiger partial charge < -0.3 is 4.74 Å². The molecule has 1 rings (SSSR count). The summed E-state index contributed by atoms with van der Waals surface area (Å²) in [6, 6.07) is 3.41. The molecule has 0 unspecified atom stereocenters. The number of esters is 1. The highest BCUT2D eigenvalue weighted by atomic mass is 35.5. The molecule has 5 heteroatoms. The Morgan fingerprint density at radius 3 is 3.07 bits per heavy atom. The molecular weight excluding hydrogens is 204 g/mol. The SMILES string of the molecule is COC(=O)Cc1cc(Cl)cnc1C#N. The Labute approximate surface area is 86.1 Å². The van der Waals surface area contributed by atoms with Gasteiger partial charge in [0.15, 0.2) is 0 Å². The first kappa shape index (κ1) is 10.5. The lowest BCUT2D eigenvalue weighted by Crippen LogP contribution is -2.06. The van der Waals surface area contributed by atoms with Gasteiger partial charge in [0.25, 0.3) is 0 Å². The molecule has 72 valence electrons. The number of ether oxygens (including phenoxy) is 1. The third kappa shape index (κ3) is 2.44. The van der Waals surface area contributed by atoms with E-state index < -0.39 is 5.97 Å². The zero-order valence-electron chi connectivity index (χ0n) is 7.45. The number of nitrogens with zero attached hydrogens (tertiary/aromatic N) is 2. The van der Waals surface area contributed by atoms with Gasteiger partial charge in [-0.25, -0.2) is 4.98 Å². The molecule has 4 nitrogen and oxygen atoms in total. The first-order valence-corrected chi connectivity index (χ1v) is 4.16. The Kier molecular flexibility index (Phi) is 3.43. The summed E-state index contributed by atoms with van der Waals surface area (Å²) < 4.78 is 4.47. The smallest absolute Gasteiger partial charge is 0.310 e. The van der Waals surface area contributed by atoms with Crippen molar-refractivity contribution in [1.29, 1.82) is 5.26 Å². The Bertz CT molecular complexity index is 398. The van der Waals surface area contributed by atoms with Crippen molar-refractivity contribution in [1.82, 2.24) is 4.98 Å². The lowest BCUT2D eigenvalue weighted by molar-refractivity contribution is -0.139. The quantitative estimate of drug-likeness (QED) is 0.691. The minimum absolute atomic E-state index is 0.00690. The summed E-state index contributed by atoms with van der Waals surface area (Å²) in [6.45, 7) is 0. The zero-order valence-corrected chi connectivity index (χ0v) is 8.21. The molecule has 0 spiro atoms. The van der Waals surface area contributed by atoms with Crippen LogP contribution in [0.3, 0.4) is 0 Å². The molecule has 0 saturated heterocycles. The standard InChI is InChI=1S/C9H7ClN2O2/c1-14-9(13)3-6-2-7(10)5-12-8(6)4-11/h2,5H,3H2,1H3. The summed E-state index contributed by atoms with van der Waals surface area (Å²) in [5.74, 6) is -0.425. The number of halogens is 1. The van der Waals surface area contributed by atoms with Gasteiger partial charge in [-0.1, -0.05) is 11.6 Å². The van der Waals surface area contributed by atoms with E-state index in [9.17, 15) is 4.79 Å². The zero-order chi connectivity index (χ0) is 10.6. The van der Waals surface area contributed by atoms with Crippen LogP contribution in [0.25, 0.3) is 0 Å². The molecule has 0 aliphatic heterocycles. The molecule has 0 aromatic carbocycles. The van der Waals surface area contributed by atoms with Crippen molar-refractivity contribution in [3.63, 3.8) is 0 Å². The molecule has 0 bridgehead atoms. The molecule has 0 aliphatic carbocycles. The average molecular weight is 211 g/mol. The summed E-state index contributed by atoms with van der Waals surface area (Å²) in [5.41, 5.74) is 0.673. The fourth-order valence-electron chi connectivity index (χ4n) is 0.944. The Hall–Kier alpha value is -1.60. The number of nitriles is 1. The summed E-state index contributed by atoms with van der Waals surface area (Å²) >= 11 is 5.68. The van der Waals surface area contributed by atoms with E-state index >= 15 is 0 Å². The number of methoxy groups -OCH3 is 1. The minimum atomic E-state index is -0.425. The van der Waals surface area contributed by atoms with Crippen LogP contribution in [0.5, 0.6) is 0 Å². The summed E-state index contributed by atoms with van der Waals surface area (Å²) in [6.07, 6.45) is 1.37. The highest BCUT2D eigenvalue weighted by molar-refractivity contribution is 6.30. The number of carbonyl (C=O) groups is 1. The average Bonchev–Trinajstić information content (AvgIpc) is 2.18. The summed E-state index contributed by atoms with van der Waals surface area (Å²) in [4.78, 5) is 14.7. The van der Waals surface area contributed by atoms with Gasteiger partial charge in [0, 0.05) is 11.8 Å². The predicted molar refractivity (Wildman–Crippen MR) is 49.7 cm³/mol. The van der Waals surface area contributed by atoms with Crippen molar-refractivity contribution in [2.45, 2.75) is 6.42 Å². The van der Waals surface area contributed by atoms with Crippen molar-refractivity contribution in [2.75, 3.05) is 7.11 Å². The van der Waals surface area contributed by atoms with Gasteiger partial charge >= 0.3 is 5.97 Å². The highest BCUT2D eigenvalue weighted by Crippen LogP contribution is 2.13. The van der Waals surface area contributed by atoms with Crippen molar-refractivity contribution in [3.8, 4) is 6.07 Å². The number of carbonyl (C=O) groups excluding carboxylic acids is 1. The first-order chi connectivity index (χ1) is 6.67. The van der Waals surface area contributed by atoms with E-state index in [2.05, 4.69) is 9.72 Å². The van der Waals surface area contributed by atoms with Crippen LogP contribution in [0.4, 0.5) is 0 Å². The number of aromatic nitrogens is 1. The maximum atomic E-state index is 11.0. The van der Waals surface area contributed by atoms with Gasteiger partial charge in [0.05, 0.1) is 18.6 Å². The highest BCUT2D eigenvalue weighted by Gasteiger charge is 2.09. The third-order valence-electron chi connectivity index (χ3n) is 1.60. The molecule has 0 N–H and O–H groups in total. The van der Waals surface area contributed by atoms with Gasteiger partial charge in [-0.2, -0.15) is 5.26 Å². The monoisotopic (exact) mass is 210 g/mol. The van der Waals surface area contributed by atoms with E-state index in [-0.39, 0.29) is 12.1 Å². The summed E-state index contributed by atoms with van der Waals surface area (Å²) in [7, 11) is 1.28. The number of rotatable bonds is 2. The normalized spacial score (nSPS) is 9.21. The second kappa shape index (κ2) is 4.58. The van der Waals surface area contributed by atoms with Gasteiger partial charge in [-0.3, -0.25) is 4.79 Å². The van der Waals surface area contributed by atoms with E-state index in [1.807, 2.05) is 6.07 Å². The Balaban J connectivity index is 3.00. The van der Waals surface area contributed by atoms with Gasteiger partial charge in [-0.15, -0.1) is 0 Å². The minimum Gasteiger partial charge on any atom is -0.469 e. The molecule has 0 atom stereocenters. The lowest BCUT2D eigenvalue weighted by Gasteiger charge is -2.01. The van der Waals surface area contributed by atoms with Crippen molar-refractivity contribution < 1.29 is 9.53 Å². The van der Waals surface area contributed by atoms with Crippen molar-refractivity contribution in [3.05, 3.63) is 28.5 Å². The molecule has 0 radical (unpaired) electrons. The second-order valence-electron chi connectivity index (χ2n) is 2.53. The van der Waals surface area contributed by atoms with Gasteiger partial charge in [0.1, 0.15) is 11.8 Å². The molecule has 0 aliphatic rings. The lowest BCUT2D eigenvalue weighted by atomic mass is 10.1. The van der Waals surface area contributed by atoms with E-state index in [1.165, 1.54) is 19.4 Å². The fourth-order valence-corrected chi connectivity index (χ4v) is 1.12. The van der Waals surface area contributed by atoms with Crippen molar-refractivity contribution >= 4 is 17.6 Å². The van der Waals surface area contributed by atoms with Crippen LogP contribution in [0.15, 0.2) is 12.3 Å². The predicted octanol–water partition coefficient (Wildman–Crippen LogP) is 1.32. The second-order valence-corrected chi connectivity index (χ2v) is 2.96. The number of hydrogen-bond donors (Lipinski definition) is 0. The molecule has 0 amide bonds. The molecular formula is C9H7ClN2O2. The topological polar surface area (TPSA) is 63.0 Å². The van der Waals surface area contributed by atoms with Crippen LogP contribution in [0.1, 0.15) is 11.3 Å². The molecule has 14 heavy (non-hydrogen) atoms. The largest absolute Gasteiger partial charge is 0.469 e. The maximum absolute atomic E-state index is 11.0. The molecule has 0 saturated carbocycles.